The molecule has 0 spiro atoms. The first-order chi connectivity index (χ1) is 4.31. The topological polar surface area (TPSA) is 38.4 Å². The van der Waals surface area contributed by atoms with Crippen LogP contribution in [0.2, 0.25) is 0 Å². The van der Waals surface area contributed by atoms with Gasteiger partial charge in [0.2, 0.25) is 0 Å². The fraction of sp³-hybridized carbons (Fsp3) is 0.571. The maximum absolute atomic E-state index is 5.10. The molecule has 0 radical (unpaired) electrons. The minimum atomic E-state index is 0.988. The van der Waals surface area contributed by atoms with Crippen LogP contribution in [0.4, 0.5) is 0 Å². The van der Waals surface area contributed by atoms with Crippen molar-refractivity contribution in [3.8, 4) is 0 Å². The van der Waals surface area contributed by atoms with E-state index in [0.29, 0.717) is 0 Å². The van der Waals surface area contributed by atoms with Crippen LogP contribution in [0.3, 0.4) is 0 Å². The van der Waals surface area contributed by atoms with Crippen molar-refractivity contribution in [2.75, 3.05) is 7.05 Å². The summed E-state index contributed by atoms with van der Waals surface area (Å²) in [6.07, 6.45) is 3.23. The monoisotopic (exact) mass is 128 g/mol. The number of rotatable bonds is 1. The molecule has 0 aromatic carbocycles. The second kappa shape index (κ2) is 10.2. The average Bonchev–Trinajstić information content (AvgIpc) is 1.93. The quantitative estimate of drug-likeness (QED) is 0.535. The maximum Gasteiger partial charge on any atom is 0.0277 e. The van der Waals surface area contributed by atoms with Gasteiger partial charge in [0.25, 0.3) is 0 Å². The molecule has 0 aromatic heterocycles. The summed E-state index contributed by atoms with van der Waals surface area (Å²) in [5.74, 6) is 0. The summed E-state index contributed by atoms with van der Waals surface area (Å²) >= 11 is 0. The molecule has 0 atom stereocenters. The lowest BCUT2D eigenvalue weighted by molar-refractivity contribution is 1.42. The Balaban J connectivity index is 0. The zero-order valence-corrected chi connectivity index (χ0v) is 6.68. The molecule has 2 N–H and O–H groups in total. The minimum absolute atomic E-state index is 0.988. The van der Waals surface area contributed by atoms with Gasteiger partial charge in [-0.2, -0.15) is 0 Å². The van der Waals surface area contributed by atoms with E-state index in [1.807, 2.05) is 20.8 Å². The van der Waals surface area contributed by atoms with Crippen LogP contribution in [0.5, 0.6) is 0 Å². The number of allylic oxidation sites excluding steroid dienone is 1. The highest BCUT2D eigenvalue weighted by Gasteiger charge is 1.71. The zero-order chi connectivity index (χ0) is 7.70. The highest BCUT2D eigenvalue weighted by Crippen LogP contribution is 1.79. The molecule has 0 saturated carbocycles. The summed E-state index contributed by atoms with van der Waals surface area (Å²) in [6, 6.07) is 0. The van der Waals surface area contributed by atoms with E-state index in [4.69, 9.17) is 5.73 Å². The molecule has 0 aromatic rings. The second-order valence-corrected chi connectivity index (χ2v) is 1.30. The van der Waals surface area contributed by atoms with Crippen molar-refractivity contribution in [2.24, 2.45) is 10.7 Å². The number of aliphatic imine (C=N–C) groups is 1. The Morgan fingerprint density at radius 1 is 1.44 bits per heavy atom. The van der Waals surface area contributed by atoms with Gasteiger partial charge in [-0.05, 0) is 18.7 Å². The van der Waals surface area contributed by atoms with Crippen LogP contribution >= 0.6 is 0 Å². The standard InChI is InChI=1S/C5H10N2.C2H6/c1-5(3-6)4-7-2;1-2/h3-4H,6H2,1-2H3;1-2H3/b5-3-,7-4?;. The van der Waals surface area contributed by atoms with Gasteiger partial charge in [-0.25, -0.2) is 0 Å². The highest BCUT2D eigenvalue weighted by atomic mass is 14.6. The first-order valence-electron chi connectivity index (χ1n) is 3.12. The molecule has 2 nitrogen and oxygen atoms in total. The summed E-state index contributed by atoms with van der Waals surface area (Å²) in [7, 11) is 1.72. The van der Waals surface area contributed by atoms with Gasteiger partial charge < -0.3 is 5.73 Å². The van der Waals surface area contributed by atoms with Gasteiger partial charge in [0.1, 0.15) is 0 Å². The third-order valence-electron chi connectivity index (χ3n) is 0.596. The minimum Gasteiger partial charge on any atom is -0.404 e. The predicted octanol–water partition coefficient (Wildman–Crippen LogP) is 1.58. The van der Waals surface area contributed by atoms with Crippen LogP contribution in [0.15, 0.2) is 16.8 Å². The van der Waals surface area contributed by atoms with E-state index in [1.54, 1.807) is 13.3 Å². The maximum atomic E-state index is 5.10. The molecule has 0 aliphatic heterocycles. The van der Waals surface area contributed by atoms with Crippen molar-refractivity contribution in [1.82, 2.24) is 0 Å². The molecule has 0 aliphatic rings. The third-order valence-corrected chi connectivity index (χ3v) is 0.596. The Kier molecular flexibility index (Phi) is 12.6. The Hall–Kier alpha value is -0.790. The molecule has 0 fully saturated rings. The third kappa shape index (κ3) is 11.0. The Bertz CT molecular complexity index is 93.1. The zero-order valence-electron chi connectivity index (χ0n) is 6.68. The predicted molar refractivity (Wildman–Crippen MR) is 43.7 cm³/mol. The van der Waals surface area contributed by atoms with E-state index < -0.39 is 0 Å². The molecule has 2 heteroatoms. The second-order valence-electron chi connectivity index (χ2n) is 1.30. The largest absolute Gasteiger partial charge is 0.404 e. The molecule has 0 aliphatic carbocycles. The van der Waals surface area contributed by atoms with E-state index in [9.17, 15) is 0 Å². The van der Waals surface area contributed by atoms with Crippen molar-refractivity contribution in [2.45, 2.75) is 20.8 Å². The van der Waals surface area contributed by atoms with Crippen molar-refractivity contribution in [1.29, 1.82) is 0 Å². The van der Waals surface area contributed by atoms with Gasteiger partial charge >= 0.3 is 0 Å². The Morgan fingerprint density at radius 2 is 1.89 bits per heavy atom. The van der Waals surface area contributed by atoms with Gasteiger partial charge in [-0.1, -0.05) is 13.8 Å². The van der Waals surface area contributed by atoms with Gasteiger partial charge in [0, 0.05) is 13.3 Å². The van der Waals surface area contributed by atoms with Crippen molar-refractivity contribution in [3.63, 3.8) is 0 Å². The molecule has 54 valence electrons. The van der Waals surface area contributed by atoms with Gasteiger partial charge in [0.05, 0.1) is 0 Å². The number of nitrogens with zero attached hydrogens (tertiary/aromatic N) is 1. The molecule has 0 unspecified atom stereocenters. The number of hydrogen-bond donors (Lipinski definition) is 1. The summed E-state index contributed by atoms with van der Waals surface area (Å²) in [6.45, 7) is 5.90. The normalized spacial score (nSPS) is 10.9. The summed E-state index contributed by atoms with van der Waals surface area (Å²) < 4.78 is 0. The molecule has 0 amide bonds. The van der Waals surface area contributed by atoms with E-state index in [0.717, 1.165) is 5.57 Å². The molecule has 0 bridgehead atoms. The van der Waals surface area contributed by atoms with Gasteiger partial charge in [-0.3, -0.25) is 4.99 Å². The lowest BCUT2D eigenvalue weighted by Gasteiger charge is -1.80. The molecular formula is C7H16N2. The first kappa shape index (κ1) is 11.1. The van der Waals surface area contributed by atoms with Crippen molar-refractivity contribution < 1.29 is 0 Å². The first-order valence-corrected chi connectivity index (χ1v) is 3.12. The van der Waals surface area contributed by atoms with E-state index in [1.165, 1.54) is 6.20 Å². The van der Waals surface area contributed by atoms with E-state index >= 15 is 0 Å². The van der Waals surface area contributed by atoms with Gasteiger partial charge in [-0.15, -0.1) is 0 Å². The summed E-state index contributed by atoms with van der Waals surface area (Å²) in [5, 5.41) is 0. The molecule has 0 heterocycles. The van der Waals surface area contributed by atoms with Crippen LogP contribution in [0.1, 0.15) is 20.8 Å². The highest BCUT2D eigenvalue weighted by molar-refractivity contribution is 5.77. The van der Waals surface area contributed by atoms with Crippen LogP contribution in [-0.4, -0.2) is 13.3 Å². The smallest absolute Gasteiger partial charge is 0.0277 e. The van der Waals surface area contributed by atoms with E-state index in [2.05, 4.69) is 4.99 Å². The van der Waals surface area contributed by atoms with Crippen molar-refractivity contribution in [3.05, 3.63) is 11.8 Å². The summed E-state index contributed by atoms with van der Waals surface area (Å²) in [5.41, 5.74) is 6.09. The molecular weight excluding hydrogens is 112 g/mol. The molecule has 0 rings (SSSR count). The van der Waals surface area contributed by atoms with Crippen LogP contribution in [0.25, 0.3) is 0 Å². The Morgan fingerprint density at radius 3 is 2.00 bits per heavy atom. The van der Waals surface area contributed by atoms with Crippen molar-refractivity contribution >= 4 is 6.21 Å². The van der Waals surface area contributed by atoms with Gasteiger partial charge in [0.15, 0.2) is 0 Å². The lowest BCUT2D eigenvalue weighted by atomic mass is 10.4. The van der Waals surface area contributed by atoms with E-state index in [-0.39, 0.29) is 0 Å². The fourth-order valence-electron chi connectivity index (χ4n) is 0.247. The van der Waals surface area contributed by atoms with Crippen LogP contribution in [0, 0.1) is 0 Å². The fourth-order valence-corrected chi connectivity index (χ4v) is 0.247. The SMILES string of the molecule is CC.CN=C/C(C)=C\N. The summed E-state index contributed by atoms with van der Waals surface area (Å²) in [4.78, 5) is 3.73. The Labute approximate surface area is 57.5 Å². The number of nitrogens with two attached hydrogens (primary N) is 1. The molecule has 9 heavy (non-hydrogen) atoms. The van der Waals surface area contributed by atoms with Crippen LogP contribution in [-0.2, 0) is 0 Å². The number of hydrogen-bond acceptors (Lipinski definition) is 2. The van der Waals surface area contributed by atoms with Crippen LogP contribution < -0.4 is 5.73 Å². The average molecular weight is 128 g/mol. The lowest BCUT2D eigenvalue weighted by Crippen LogP contribution is -1.83. The molecule has 0 saturated heterocycles.